The van der Waals surface area contributed by atoms with Crippen molar-refractivity contribution < 1.29 is 22.7 Å². The lowest BCUT2D eigenvalue weighted by atomic mass is 10.0. The van der Waals surface area contributed by atoms with Gasteiger partial charge in [0, 0.05) is 6.07 Å². The molecule has 0 spiro atoms. The Labute approximate surface area is 127 Å². The second-order valence-electron chi connectivity index (χ2n) is 5.10. The summed E-state index contributed by atoms with van der Waals surface area (Å²) in [6.45, 7) is 1.38. The number of rotatable bonds is 4. The largest absolute Gasteiger partial charge is 0.466 e. The number of anilines is 1. The van der Waals surface area contributed by atoms with Crippen molar-refractivity contribution in [1.82, 2.24) is 19.6 Å². The van der Waals surface area contributed by atoms with Gasteiger partial charge in [0.1, 0.15) is 23.5 Å². The van der Waals surface area contributed by atoms with Gasteiger partial charge in [-0.2, -0.15) is 27.8 Å². The maximum atomic E-state index is 12.9. The minimum atomic E-state index is -4.62. The van der Waals surface area contributed by atoms with Crippen LogP contribution in [-0.4, -0.2) is 31.2 Å². The zero-order valence-electron chi connectivity index (χ0n) is 11.9. The first-order valence-corrected chi connectivity index (χ1v) is 6.55. The lowest BCUT2D eigenvalue weighted by Crippen LogP contribution is -2.31. The quantitative estimate of drug-likeness (QED) is 0.762. The van der Waals surface area contributed by atoms with E-state index in [0.717, 1.165) is 16.9 Å². The van der Waals surface area contributed by atoms with E-state index in [0.29, 0.717) is 0 Å². The summed E-state index contributed by atoms with van der Waals surface area (Å²) in [6, 6.07) is 3.98. The first-order chi connectivity index (χ1) is 10.8. The topological polar surface area (TPSA) is 88.5 Å². The third kappa shape index (κ3) is 2.97. The molecule has 23 heavy (non-hydrogen) atoms. The maximum Gasteiger partial charge on any atom is 0.433 e. The summed E-state index contributed by atoms with van der Waals surface area (Å²) in [6.07, 6.45) is -2.13. The predicted octanol–water partition coefficient (Wildman–Crippen LogP) is 2.06. The molecule has 0 saturated heterocycles. The van der Waals surface area contributed by atoms with Gasteiger partial charge in [0.2, 0.25) is 0 Å². The number of nitrogens with one attached hydrogen (secondary N) is 1. The summed E-state index contributed by atoms with van der Waals surface area (Å²) < 4.78 is 44.9. The van der Waals surface area contributed by atoms with Crippen LogP contribution in [0.1, 0.15) is 18.4 Å². The third-order valence-electron chi connectivity index (χ3n) is 3.21. The van der Waals surface area contributed by atoms with Crippen molar-refractivity contribution in [3.8, 4) is 0 Å². The number of furan rings is 1. The van der Waals surface area contributed by atoms with Crippen molar-refractivity contribution >= 4 is 11.6 Å². The summed E-state index contributed by atoms with van der Waals surface area (Å²) in [5, 5.41) is 16.9. The number of nitrogens with zero attached hydrogens (tertiary/aromatic N) is 4. The zero-order chi connectivity index (χ0) is 16.7. The highest BCUT2D eigenvalue weighted by atomic mass is 19.4. The van der Waals surface area contributed by atoms with Crippen LogP contribution >= 0.6 is 0 Å². The Morgan fingerprint density at radius 1 is 1.39 bits per heavy atom. The predicted molar refractivity (Wildman–Crippen MR) is 72.6 cm³/mol. The SMILES string of the molecule is CC(O)(CNc1cc(C(F)(F)F)nc2ncnn12)c1ccco1. The van der Waals surface area contributed by atoms with Crippen LogP contribution in [0.3, 0.4) is 0 Å². The van der Waals surface area contributed by atoms with Gasteiger partial charge in [0.25, 0.3) is 5.78 Å². The zero-order valence-corrected chi connectivity index (χ0v) is 11.9. The third-order valence-corrected chi connectivity index (χ3v) is 3.21. The fraction of sp³-hybridized carbons (Fsp3) is 0.308. The van der Waals surface area contributed by atoms with E-state index in [1.165, 1.54) is 13.2 Å². The molecule has 3 heterocycles. The van der Waals surface area contributed by atoms with E-state index in [1.807, 2.05) is 0 Å². The number of alkyl halides is 3. The molecule has 1 unspecified atom stereocenters. The van der Waals surface area contributed by atoms with Crippen molar-refractivity contribution in [2.75, 3.05) is 11.9 Å². The molecule has 0 aliphatic heterocycles. The number of fused-ring (bicyclic) bond motifs is 1. The minimum Gasteiger partial charge on any atom is -0.466 e. The van der Waals surface area contributed by atoms with Crippen LogP contribution in [0.4, 0.5) is 19.0 Å². The molecule has 0 aliphatic carbocycles. The van der Waals surface area contributed by atoms with Crippen LogP contribution in [0.15, 0.2) is 35.2 Å². The number of aliphatic hydroxyl groups is 1. The summed E-state index contributed by atoms with van der Waals surface area (Å²) in [5.74, 6) is 0.0940. The van der Waals surface area contributed by atoms with Gasteiger partial charge in [-0.25, -0.2) is 4.98 Å². The van der Waals surface area contributed by atoms with Crippen molar-refractivity contribution in [1.29, 1.82) is 0 Å². The second-order valence-corrected chi connectivity index (χ2v) is 5.10. The number of aromatic nitrogens is 4. The molecule has 10 heteroatoms. The second kappa shape index (κ2) is 5.23. The number of hydrogen-bond acceptors (Lipinski definition) is 6. The molecular formula is C13H12F3N5O2. The van der Waals surface area contributed by atoms with E-state index < -0.39 is 17.5 Å². The van der Waals surface area contributed by atoms with Crippen LogP contribution < -0.4 is 5.32 Å². The Morgan fingerprint density at radius 3 is 2.83 bits per heavy atom. The van der Waals surface area contributed by atoms with E-state index in [-0.39, 0.29) is 23.9 Å². The average Bonchev–Trinajstić information content (AvgIpc) is 3.14. The van der Waals surface area contributed by atoms with Crippen molar-refractivity contribution in [3.05, 3.63) is 42.2 Å². The van der Waals surface area contributed by atoms with E-state index >= 15 is 0 Å². The van der Waals surface area contributed by atoms with Gasteiger partial charge in [0.15, 0.2) is 5.69 Å². The van der Waals surface area contributed by atoms with Crippen molar-refractivity contribution in [2.24, 2.45) is 0 Å². The standard InChI is InChI=1S/C13H12F3N5O2/c1-12(22,9-3-2-4-23-9)6-17-10-5-8(13(14,15)16)20-11-18-7-19-21(10)11/h2-5,7,17,22H,6H2,1H3. The van der Waals surface area contributed by atoms with Gasteiger partial charge in [-0.3, -0.25) is 0 Å². The Morgan fingerprint density at radius 2 is 2.17 bits per heavy atom. The average molecular weight is 327 g/mol. The summed E-state index contributed by atoms with van der Waals surface area (Å²) in [7, 11) is 0. The lowest BCUT2D eigenvalue weighted by molar-refractivity contribution is -0.141. The highest BCUT2D eigenvalue weighted by Crippen LogP contribution is 2.30. The Balaban J connectivity index is 1.92. The monoisotopic (exact) mass is 327 g/mol. The first kappa shape index (κ1) is 15.3. The van der Waals surface area contributed by atoms with E-state index in [2.05, 4.69) is 20.4 Å². The fourth-order valence-corrected chi connectivity index (χ4v) is 2.02. The minimum absolute atomic E-state index is 0.00616. The molecule has 122 valence electrons. The molecule has 3 rings (SSSR count). The van der Waals surface area contributed by atoms with Crippen LogP contribution in [0.25, 0.3) is 5.78 Å². The van der Waals surface area contributed by atoms with Crippen molar-refractivity contribution in [3.63, 3.8) is 0 Å². The summed E-state index contributed by atoms with van der Waals surface area (Å²) >= 11 is 0. The summed E-state index contributed by atoms with van der Waals surface area (Å²) in [5.41, 5.74) is -2.52. The molecule has 0 fully saturated rings. The Kier molecular flexibility index (Phi) is 3.48. The van der Waals surface area contributed by atoms with Gasteiger partial charge >= 0.3 is 6.18 Å². The molecule has 0 aliphatic rings. The molecule has 3 aromatic heterocycles. The normalized spacial score (nSPS) is 14.8. The molecule has 3 aromatic rings. The van der Waals surface area contributed by atoms with Crippen LogP contribution in [0.2, 0.25) is 0 Å². The van der Waals surface area contributed by atoms with Gasteiger partial charge in [-0.05, 0) is 19.1 Å². The first-order valence-electron chi connectivity index (χ1n) is 6.55. The van der Waals surface area contributed by atoms with E-state index in [9.17, 15) is 18.3 Å². The van der Waals surface area contributed by atoms with Crippen LogP contribution in [-0.2, 0) is 11.8 Å². The fourth-order valence-electron chi connectivity index (χ4n) is 2.02. The number of halogens is 3. The Hall–Kier alpha value is -2.62. The lowest BCUT2D eigenvalue weighted by Gasteiger charge is -2.22. The molecule has 2 N–H and O–H groups in total. The van der Waals surface area contributed by atoms with Gasteiger partial charge in [-0.15, -0.1) is 0 Å². The smallest absolute Gasteiger partial charge is 0.433 e. The molecule has 0 amide bonds. The highest BCUT2D eigenvalue weighted by molar-refractivity contribution is 5.46. The Bertz CT molecular complexity index is 811. The van der Waals surface area contributed by atoms with E-state index in [4.69, 9.17) is 4.42 Å². The van der Waals surface area contributed by atoms with Gasteiger partial charge in [-0.1, -0.05) is 0 Å². The van der Waals surface area contributed by atoms with Crippen LogP contribution in [0.5, 0.6) is 0 Å². The molecule has 0 aromatic carbocycles. The van der Waals surface area contributed by atoms with Gasteiger partial charge in [0.05, 0.1) is 12.8 Å². The molecule has 0 saturated carbocycles. The molecule has 1 atom stereocenters. The van der Waals surface area contributed by atoms with Crippen LogP contribution in [0, 0.1) is 0 Å². The van der Waals surface area contributed by atoms with Crippen molar-refractivity contribution in [2.45, 2.75) is 18.7 Å². The molecule has 7 nitrogen and oxygen atoms in total. The highest BCUT2D eigenvalue weighted by Gasteiger charge is 2.34. The number of hydrogen-bond donors (Lipinski definition) is 2. The summed E-state index contributed by atoms with van der Waals surface area (Å²) in [4.78, 5) is 7.07. The molecule has 0 bridgehead atoms. The molecule has 0 radical (unpaired) electrons. The van der Waals surface area contributed by atoms with E-state index in [1.54, 1.807) is 12.1 Å². The van der Waals surface area contributed by atoms with Gasteiger partial charge < -0.3 is 14.8 Å². The maximum absolute atomic E-state index is 12.9. The molecular weight excluding hydrogens is 315 g/mol.